The van der Waals surface area contributed by atoms with E-state index in [2.05, 4.69) is 51.3 Å². The van der Waals surface area contributed by atoms with Crippen molar-refractivity contribution >= 4 is 17.7 Å². The molecule has 1 aromatic heterocycles. The molecule has 1 aromatic carbocycles. The summed E-state index contributed by atoms with van der Waals surface area (Å²) < 4.78 is 0. The van der Waals surface area contributed by atoms with Gasteiger partial charge in [0.05, 0.1) is 0 Å². The van der Waals surface area contributed by atoms with Crippen LogP contribution in [-0.2, 0) is 6.54 Å². The molecule has 6 heteroatoms. The van der Waals surface area contributed by atoms with Crippen LogP contribution in [0.1, 0.15) is 24.0 Å². The number of carbonyl (C=O) groups is 1. The van der Waals surface area contributed by atoms with Crippen LogP contribution in [0.5, 0.6) is 0 Å². The first-order valence-corrected chi connectivity index (χ1v) is 7.40. The number of aryl methyl sites for hydroxylation is 1. The predicted octanol–water partition coefficient (Wildman–Crippen LogP) is 2.68. The summed E-state index contributed by atoms with van der Waals surface area (Å²) in [7, 11) is 0. The molecule has 0 unspecified atom stereocenters. The number of hydrogen-bond acceptors (Lipinski definition) is 4. The molecule has 1 saturated carbocycles. The Balaban J connectivity index is 1.51. The molecule has 2 aromatic rings. The first-order chi connectivity index (χ1) is 10.7. The Kier molecular flexibility index (Phi) is 4.18. The fourth-order valence-corrected chi connectivity index (χ4v) is 2.07. The number of rotatable bonds is 5. The SMILES string of the molecule is Cc1cccc(CNc2ccc(NC(=O)NC3CC3)nn2)c1. The number of urea groups is 1. The molecule has 1 heterocycles. The zero-order valence-electron chi connectivity index (χ0n) is 12.5. The van der Waals surface area contributed by atoms with Crippen molar-refractivity contribution in [1.29, 1.82) is 0 Å². The molecule has 22 heavy (non-hydrogen) atoms. The van der Waals surface area contributed by atoms with Gasteiger partial charge in [0.15, 0.2) is 5.82 Å². The van der Waals surface area contributed by atoms with Crippen molar-refractivity contribution in [3.63, 3.8) is 0 Å². The van der Waals surface area contributed by atoms with Crippen molar-refractivity contribution in [3.8, 4) is 0 Å². The normalized spacial score (nSPS) is 13.5. The average molecular weight is 297 g/mol. The van der Waals surface area contributed by atoms with Gasteiger partial charge in [-0.25, -0.2) is 4.79 Å². The number of nitrogens with one attached hydrogen (secondary N) is 3. The van der Waals surface area contributed by atoms with E-state index < -0.39 is 0 Å². The number of anilines is 2. The van der Waals surface area contributed by atoms with Crippen LogP contribution in [-0.4, -0.2) is 22.3 Å². The molecular formula is C16H19N5O. The van der Waals surface area contributed by atoms with Crippen molar-refractivity contribution < 1.29 is 4.79 Å². The topological polar surface area (TPSA) is 78.9 Å². The van der Waals surface area contributed by atoms with E-state index in [9.17, 15) is 4.79 Å². The van der Waals surface area contributed by atoms with Crippen LogP contribution < -0.4 is 16.0 Å². The van der Waals surface area contributed by atoms with Gasteiger partial charge >= 0.3 is 6.03 Å². The summed E-state index contributed by atoms with van der Waals surface area (Å²) in [6.45, 7) is 2.75. The zero-order chi connectivity index (χ0) is 15.4. The lowest BCUT2D eigenvalue weighted by molar-refractivity contribution is 0.251. The Morgan fingerprint density at radius 2 is 1.95 bits per heavy atom. The highest BCUT2D eigenvalue weighted by atomic mass is 16.2. The molecule has 0 bridgehead atoms. The van der Waals surface area contributed by atoms with Crippen LogP contribution in [0, 0.1) is 6.92 Å². The Morgan fingerprint density at radius 3 is 2.64 bits per heavy atom. The molecule has 6 nitrogen and oxygen atoms in total. The number of hydrogen-bond donors (Lipinski definition) is 3. The van der Waals surface area contributed by atoms with E-state index in [0.717, 1.165) is 12.8 Å². The quantitative estimate of drug-likeness (QED) is 0.793. The van der Waals surface area contributed by atoms with Gasteiger partial charge in [-0.2, -0.15) is 0 Å². The Morgan fingerprint density at radius 1 is 1.18 bits per heavy atom. The minimum Gasteiger partial charge on any atom is -0.365 e. The summed E-state index contributed by atoms with van der Waals surface area (Å²) in [5.74, 6) is 1.12. The standard InChI is InChI=1S/C16H19N5O/c1-11-3-2-4-12(9-11)10-17-14-7-8-15(21-20-14)19-16(22)18-13-5-6-13/h2-4,7-9,13H,5-6,10H2,1H3,(H,17,20)(H2,18,19,21,22). The minimum absolute atomic E-state index is 0.225. The van der Waals surface area contributed by atoms with E-state index in [1.807, 2.05) is 6.07 Å². The third-order valence-electron chi connectivity index (χ3n) is 3.37. The molecular weight excluding hydrogens is 278 g/mol. The zero-order valence-corrected chi connectivity index (χ0v) is 12.5. The molecule has 3 N–H and O–H groups in total. The van der Waals surface area contributed by atoms with E-state index in [1.165, 1.54) is 11.1 Å². The second-order valence-electron chi connectivity index (χ2n) is 5.52. The van der Waals surface area contributed by atoms with Gasteiger partial charge < -0.3 is 10.6 Å². The van der Waals surface area contributed by atoms with E-state index >= 15 is 0 Å². The molecule has 0 saturated heterocycles. The number of amides is 2. The van der Waals surface area contributed by atoms with Crippen LogP contribution in [0.4, 0.5) is 16.4 Å². The van der Waals surface area contributed by atoms with Gasteiger partial charge in [-0.15, -0.1) is 10.2 Å². The molecule has 0 spiro atoms. The average Bonchev–Trinajstić information content (AvgIpc) is 3.30. The van der Waals surface area contributed by atoms with Gasteiger partial charge in [0.2, 0.25) is 0 Å². The smallest absolute Gasteiger partial charge is 0.320 e. The molecule has 1 aliphatic carbocycles. The van der Waals surface area contributed by atoms with Gasteiger partial charge in [0.1, 0.15) is 5.82 Å². The fraction of sp³-hybridized carbons (Fsp3) is 0.312. The van der Waals surface area contributed by atoms with Crippen LogP contribution in [0.15, 0.2) is 36.4 Å². The van der Waals surface area contributed by atoms with Gasteiger partial charge in [-0.05, 0) is 37.5 Å². The largest absolute Gasteiger partial charge is 0.365 e. The Labute approximate surface area is 129 Å². The summed E-state index contributed by atoms with van der Waals surface area (Å²) in [5, 5.41) is 16.8. The van der Waals surface area contributed by atoms with Crippen LogP contribution in [0.25, 0.3) is 0 Å². The summed E-state index contributed by atoms with van der Waals surface area (Å²) >= 11 is 0. The lowest BCUT2D eigenvalue weighted by Gasteiger charge is -2.08. The van der Waals surface area contributed by atoms with Crippen molar-refractivity contribution in [1.82, 2.24) is 15.5 Å². The summed E-state index contributed by atoms with van der Waals surface area (Å²) in [5.41, 5.74) is 2.42. The van der Waals surface area contributed by atoms with Crippen LogP contribution >= 0.6 is 0 Å². The van der Waals surface area contributed by atoms with E-state index in [-0.39, 0.29) is 6.03 Å². The molecule has 114 valence electrons. The number of nitrogens with zero attached hydrogens (tertiary/aromatic N) is 2. The van der Waals surface area contributed by atoms with Crippen LogP contribution in [0.3, 0.4) is 0 Å². The van der Waals surface area contributed by atoms with Crippen molar-refractivity contribution in [3.05, 3.63) is 47.5 Å². The molecule has 0 radical (unpaired) electrons. The van der Waals surface area contributed by atoms with E-state index in [1.54, 1.807) is 12.1 Å². The molecule has 1 fully saturated rings. The van der Waals surface area contributed by atoms with Gasteiger partial charge in [-0.1, -0.05) is 29.8 Å². The maximum atomic E-state index is 11.6. The molecule has 0 aliphatic heterocycles. The number of benzene rings is 1. The van der Waals surface area contributed by atoms with E-state index in [0.29, 0.717) is 24.2 Å². The van der Waals surface area contributed by atoms with Gasteiger partial charge in [0, 0.05) is 12.6 Å². The first kappa shape index (κ1) is 14.3. The third kappa shape index (κ3) is 4.18. The summed E-state index contributed by atoms with van der Waals surface area (Å²) in [6, 6.07) is 11.9. The Bertz CT molecular complexity index is 652. The third-order valence-corrected chi connectivity index (χ3v) is 3.37. The maximum Gasteiger partial charge on any atom is 0.320 e. The number of aromatic nitrogens is 2. The van der Waals surface area contributed by atoms with Crippen molar-refractivity contribution in [2.75, 3.05) is 10.6 Å². The highest BCUT2D eigenvalue weighted by molar-refractivity contribution is 5.88. The second-order valence-corrected chi connectivity index (χ2v) is 5.52. The highest BCUT2D eigenvalue weighted by Crippen LogP contribution is 2.18. The maximum absolute atomic E-state index is 11.6. The fourth-order valence-electron chi connectivity index (χ4n) is 2.07. The van der Waals surface area contributed by atoms with Crippen molar-refractivity contribution in [2.24, 2.45) is 0 Å². The lowest BCUT2D eigenvalue weighted by Crippen LogP contribution is -2.30. The highest BCUT2D eigenvalue weighted by Gasteiger charge is 2.23. The van der Waals surface area contributed by atoms with Crippen LogP contribution in [0.2, 0.25) is 0 Å². The molecule has 2 amide bonds. The van der Waals surface area contributed by atoms with E-state index in [4.69, 9.17) is 0 Å². The summed E-state index contributed by atoms with van der Waals surface area (Å²) in [4.78, 5) is 11.6. The molecule has 0 atom stereocenters. The second kappa shape index (κ2) is 6.43. The monoisotopic (exact) mass is 297 g/mol. The van der Waals surface area contributed by atoms with Gasteiger partial charge in [-0.3, -0.25) is 5.32 Å². The minimum atomic E-state index is -0.225. The summed E-state index contributed by atoms with van der Waals surface area (Å²) in [6.07, 6.45) is 2.11. The van der Waals surface area contributed by atoms with Gasteiger partial charge in [0.25, 0.3) is 0 Å². The first-order valence-electron chi connectivity index (χ1n) is 7.40. The lowest BCUT2D eigenvalue weighted by atomic mass is 10.1. The molecule has 1 aliphatic rings. The van der Waals surface area contributed by atoms with Crippen molar-refractivity contribution in [2.45, 2.75) is 32.4 Å². The molecule has 3 rings (SSSR count). The number of carbonyl (C=O) groups excluding carboxylic acids is 1. The Hall–Kier alpha value is -2.63. The predicted molar refractivity (Wildman–Crippen MR) is 85.7 cm³/mol.